The molecule has 0 saturated heterocycles. The Bertz CT molecular complexity index is 954. The zero-order chi connectivity index (χ0) is 17.4. The Balaban J connectivity index is 1.93. The van der Waals surface area contributed by atoms with E-state index in [1.165, 1.54) is 10.8 Å². The summed E-state index contributed by atoms with van der Waals surface area (Å²) in [6, 6.07) is 11.1. The van der Waals surface area contributed by atoms with Gasteiger partial charge in [-0.25, -0.2) is 4.98 Å². The lowest BCUT2D eigenvalue weighted by atomic mass is 10.1. The first-order valence-corrected chi connectivity index (χ1v) is 9.20. The second kappa shape index (κ2) is 6.52. The minimum Gasteiger partial charge on any atom is -0.427 e. The van der Waals surface area contributed by atoms with Crippen molar-refractivity contribution < 1.29 is 5.21 Å². The second-order valence-corrected chi connectivity index (χ2v) is 7.32. The lowest BCUT2D eigenvalue weighted by molar-refractivity contribution is 0.175. The topological polar surface area (TPSA) is 70.9 Å². The number of aromatic amines is 1. The molecule has 1 aliphatic rings. The van der Waals surface area contributed by atoms with Gasteiger partial charge < -0.3 is 10.2 Å². The number of aromatic nitrogens is 3. The van der Waals surface area contributed by atoms with Crippen LogP contribution in [0.3, 0.4) is 0 Å². The smallest absolute Gasteiger partial charge is 0.248 e. The molecule has 2 aromatic heterocycles. The predicted octanol–water partition coefficient (Wildman–Crippen LogP) is 4.56. The molecule has 0 bridgehead atoms. The van der Waals surface area contributed by atoms with Crippen LogP contribution < -0.4 is 5.56 Å². The molecule has 5 nitrogen and oxygen atoms in total. The molecule has 1 aromatic carbocycles. The van der Waals surface area contributed by atoms with E-state index in [4.69, 9.17) is 4.98 Å². The van der Waals surface area contributed by atoms with Crippen LogP contribution in [0.15, 0.2) is 51.9 Å². The molecule has 0 spiro atoms. The summed E-state index contributed by atoms with van der Waals surface area (Å²) < 4.78 is 2.16. The highest BCUT2D eigenvalue weighted by Gasteiger charge is 2.27. The van der Waals surface area contributed by atoms with Crippen molar-refractivity contribution in [2.45, 2.75) is 31.6 Å². The summed E-state index contributed by atoms with van der Waals surface area (Å²) in [7, 11) is 0. The molecule has 0 radical (unpaired) electrons. The predicted molar refractivity (Wildman–Crippen MR) is 99.8 cm³/mol. The fraction of sp³-hybridized carbons (Fsp3) is 0.263. The molecular weight excluding hydrogens is 382 g/mol. The normalized spacial score (nSPS) is 14.9. The van der Waals surface area contributed by atoms with E-state index in [2.05, 4.69) is 20.9 Å². The molecule has 3 aromatic rings. The molecule has 0 aliphatic heterocycles. The van der Waals surface area contributed by atoms with Crippen LogP contribution in [-0.2, 0) is 0 Å². The number of nitrogens with one attached hydrogen (secondary N) is 1. The van der Waals surface area contributed by atoms with Gasteiger partial charge in [-0.15, -0.1) is 0 Å². The molecule has 2 N–H and O–H groups in total. The monoisotopic (exact) mass is 399 g/mol. The van der Waals surface area contributed by atoms with Crippen LogP contribution in [0, 0.1) is 0 Å². The number of pyridine rings is 1. The molecular formula is C19H18BrN3O2. The van der Waals surface area contributed by atoms with Crippen molar-refractivity contribution in [2.75, 3.05) is 0 Å². The summed E-state index contributed by atoms with van der Waals surface area (Å²) in [6.45, 7) is 0. The lowest BCUT2D eigenvalue weighted by Crippen LogP contribution is -2.07. The van der Waals surface area contributed by atoms with Gasteiger partial charge in [0.2, 0.25) is 5.56 Å². The van der Waals surface area contributed by atoms with E-state index in [-0.39, 0.29) is 11.5 Å². The van der Waals surface area contributed by atoms with Crippen LogP contribution in [-0.4, -0.2) is 19.9 Å². The quantitative estimate of drug-likeness (QED) is 0.633. The first kappa shape index (κ1) is 16.1. The van der Waals surface area contributed by atoms with Crippen LogP contribution >= 0.6 is 15.9 Å². The molecule has 128 valence electrons. The van der Waals surface area contributed by atoms with Gasteiger partial charge >= 0.3 is 0 Å². The first-order valence-electron chi connectivity index (χ1n) is 8.40. The van der Waals surface area contributed by atoms with Crippen molar-refractivity contribution in [3.8, 4) is 22.5 Å². The van der Waals surface area contributed by atoms with Crippen molar-refractivity contribution in [3.05, 3.63) is 63.2 Å². The number of benzene rings is 1. The number of rotatable bonds is 3. The third kappa shape index (κ3) is 3.02. The Hall–Kier alpha value is -2.34. The van der Waals surface area contributed by atoms with Crippen LogP contribution in [0.5, 0.6) is 0 Å². The van der Waals surface area contributed by atoms with Crippen molar-refractivity contribution in [1.29, 1.82) is 0 Å². The number of imidazole rings is 1. The van der Waals surface area contributed by atoms with Gasteiger partial charge in [-0.2, -0.15) is 4.73 Å². The molecule has 0 amide bonds. The molecule has 1 fully saturated rings. The van der Waals surface area contributed by atoms with Crippen LogP contribution in [0.2, 0.25) is 0 Å². The van der Waals surface area contributed by atoms with Crippen LogP contribution in [0.4, 0.5) is 0 Å². The third-order valence-electron chi connectivity index (χ3n) is 4.77. The fourth-order valence-corrected chi connectivity index (χ4v) is 3.80. The van der Waals surface area contributed by atoms with E-state index < -0.39 is 0 Å². The molecule has 1 aliphatic carbocycles. The van der Waals surface area contributed by atoms with Gasteiger partial charge in [-0.05, 0) is 31.0 Å². The third-order valence-corrected chi connectivity index (χ3v) is 5.29. The Kier molecular flexibility index (Phi) is 4.21. The number of halogens is 1. The fourth-order valence-electron chi connectivity index (χ4n) is 3.54. The summed E-state index contributed by atoms with van der Waals surface area (Å²) in [5, 5.41) is 10.9. The summed E-state index contributed by atoms with van der Waals surface area (Å²) in [6.07, 6.45) is 5.97. The highest BCUT2D eigenvalue weighted by atomic mass is 79.9. The summed E-state index contributed by atoms with van der Waals surface area (Å²) in [5.74, 6) is 0.945. The maximum absolute atomic E-state index is 11.8. The van der Waals surface area contributed by atoms with Gasteiger partial charge in [0.15, 0.2) is 0 Å². The van der Waals surface area contributed by atoms with Gasteiger partial charge in [0.05, 0.1) is 0 Å². The number of hydrogen-bond acceptors (Lipinski definition) is 3. The summed E-state index contributed by atoms with van der Waals surface area (Å²) in [5.41, 5.74) is 2.62. The van der Waals surface area contributed by atoms with E-state index in [9.17, 15) is 10.0 Å². The largest absolute Gasteiger partial charge is 0.427 e. The maximum atomic E-state index is 11.8. The Labute approximate surface area is 153 Å². The average molecular weight is 400 g/mol. The Morgan fingerprint density at radius 2 is 1.84 bits per heavy atom. The first-order chi connectivity index (χ1) is 12.1. The minimum absolute atomic E-state index is 0.206. The van der Waals surface area contributed by atoms with Crippen molar-refractivity contribution in [2.24, 2.45) is 0 Å². The van der Waals surface area contributed by atoms with E-state index in [0.717, 1.165) is 35.7 Å². The van der Waals surface area contributed by atoms with E-state index in [1.54, 1.807) is 12.3 Å². The van der Waals surface area contributed by atoms with Gasteiger partial charge in [-0.3, -0.25) is 4.79 Å². The summed E-state index contributed by atoms with van der Waals surface area (Å²) in [4.78, 5) is 19.2. The summed E-state index contributed by atoms with van der Waals surface area (Å²) >= 11 is 3.44. The average Bonchev–Trinajstić information content (AvgIpc) is 3.23. The standard InChI is InChI=1S/C19H18BrN3O2/c20-15-7-5-12(6-8-15)17-18(14-9-10-21-16(24)11-14)23(25)19(22-17)13-3-1-2-4-13/h5-11,13,25H,1-4H2,(H,21,24). The molecule has 2 heterocycles. The van der Waals surface area contributed by atoms with E-state index in [1.807, 2.05) is 24.3 Å². The van der Waals surface area contributed by atoms with E-state index >= 15 is 0 Å². The van der Waals surface area contributed by atoms with E-state index in [0.29, 0.717) is 22.8 Å². The minimum atomic E-state index is -0.206. The maximum Gasteiger partial charge on any atom is 0.248 e. The second-order valence-electron chi connectivity index (χ2n) is 6.41. The number of hydrogen-bond donors (Lipinski definition) is 2. The Morgan fingerprint density at radius 3 is 2.52 bits per heavy atom. The van der Waals surface area contributed by atoms with Gasteiger partial charge in [-0.1, -0.05) is 40.9 Å². The van der Waals surface area contributed by atoms with Crippen LogP contribution in [0.25, 0.3) is 22.5 Å². The highest BCUT2D eigenvalue weighted by molar-refractivity contribution is 9.10. The van der Waals surface area contributed by atoms with Crippen molar-refractivity contribution in [1.82, 2.24) is 14.7 Å². The van der Waals surface area contributed by atoms with Crippen molar-refractivity contribution >= 4 is 15.9 Å². The molecule has 1 saturated carbocycles. The van der Waals surface area contributed by atoms with Gasteiger partial charge in [0.25, 0.3) is 0 Å². The highest BCUT2D eigenvalue weighted by Crippen LogP contribution is 2.39. The zero-order valence-corrected chi connectivity index (χ0v) is 15.2. The molecule has 6 heteroatoms. The zero-order valence-electron chi connectivity index (χ0n) is 13.6. The van der Waals surface area contributed by atoms with Gasteiger partial charge in [0.1, 0.15) is 17.2 Å². The molecule has 0 atom stereocenters. The molecule has 25 heavy (non-hydrogen) atoms. The van der Waals surface area contributed by atoms with Gasteiger partial charge in [0, 0.05) is 33.8 Å². The lowest BCUT2D eigenvalue weighted by Gasteiger charge is -2.09. The Morgan fingerprint density at radius 1 is 1.12 bits per heavy atom. The SMILES string of the molecule is O=c1cc(-c2c(-c3ccc(Br)cc3)nc(C3CCCC3)n2O)cc[nH]1. The number of H-pyrrole nitrogens is 1. The van der Waals surface area contributed by atoms with Crippen molar-refractivity contribution in [3.63, 3.8) is 0 Å². The molecule has 0 unspecified atom stereocenters. The molecule has 4 rings (SSSR count). The van der Waals surface area contributed by atoms with Crippen LogP contribution in [0.1, 0.15) is 37.4 Å². The number of nitrogens with zero attached hydrogens (tertiary/aromatic N) is 2.